The molecule has 0 radical (unpaired) electrons. The lowest BCUT2D eigenvalue weighted by atomic mass is 9.99. The van der Waals surface area contributed by atoms with Crippen molar-refractivity contribution in [1.82, 2.24) is 20.2 Å². The van der Waals surface area contributed by atoms with Crippen LogP contribution < -0.4 is 5.32 Å². The predicted molar refractivity (Wildman–Crippen MR) is 68.6 cm³/mol. The van der Waals surface area contributed by atoms with Crippen molar-refractivity contribution in [1.29, 1.82) is 0 Å². The molecule has 1 saturated heterocycles. The third-order valence-electron chi connectivity index (χ3n) is 3.36. The van der Waals surface area contributed by atoms with Crippen LogP contribution in [0, 0.1) is 5.92 Å². The maximum atomic E-state index is 4.34. The highest BCUT2D eigenvalue weighted by atomic mass is 15.1. The van der Waals surface area contributed by atoms with Gasteiger partial charge in [-0.05, 0) is 38.4 Å². The molecule has 1 aliphatic rings. The van der Waals surface area contributed by atoms with Crippen LogP contribution in [0.5, 0.6) is 0 Å². The van der Waals surface area contributed by atoms with Crippen LogP contribution in [0.1, 0.15) is 25.5 Å². The summed E-state index contributed by atoms with van der Waals surface area (Å²) >= 11 is 0. The van der Waals surface area contributed by atoms with Crippen molar-refractivity contribution in [2.24, 2.45) is 5.92 Å². The molecule has 1 atom stereocenters. The Balaban J connectivity index is 1.83. The van der Waals surface area contributed by atoms with Crippen molar-refractivity contribution in [3.05, 3.63) is 24.3 Å². The van der Waals surface area contributed by atoms with Gasteiger partial charge in [0.25, 0.3) is 0 Å². The van der Waals surface area contributed by atoms with E-state index in [0.717, 1.165) is 31.2 Å². The maximum Gasteiger partial charge on any atom is 0.0726 e. The second-order valence-corrected chi connectivity index (χ2v) is 4.74. The molecule has 1 fully saturated rings. The molecule has 0 saturated carbocycles. The molecular formula is C13H22N4. The van der Waals surface area contributed by atoms with Gasteiger partial charge in [-0.2, -0.15) is 0 Å². The molecule has 1 aromatic rings. The number of nitrogens with zero attached hydrogens (tertiary/aromatic N) is 3. The minimum atomic E-state index is 0.792. The van der Waals surface area contributed by atoms with Crippen LogP contribution in [0.3, 0.4) is 0 Å². The number of aromatic nitrogens is 2. The summed E-state index contributed by atoms with van der Waals surface area (Å²) in [6.45, 7) is 7.73. The summed E-state index contributed by atoms with van der Waals surface area (Å²) in [7, 11) is 0. The van der Waals surface area contributed by atoms with Crippen LogP contribution in [0.2, 0.25) is 0 Å². The zero-order valence-corrected chi connectivity index (χ0v) is 10.6. The molecule has 0 aliphatic carbocycles. The maximum absolute atomic E-state index is 4.34. The molecule has 1 aromatic heterocycles. The molecule has 4 heteroatoms. The van der Waals surface area contributed by atoms with E-state index in [9.17, 15) is 0 Å². The van der Waals surface area contributed by atoms with Gasteiger partial charge >= 0.3 is 0 Å². The second-order valence-electron chi connectivity index (χ2n) is 4.74. The van der Waals surface area contributed by atoms with Crippen LogP contribution in [0.25, 0.3) is 0 Å². The van der Waals surface area contributed by atoms with Gasteiger partial charge in [-0.15, -0.1) is 0 Å². The van der Waals surface area contributed by atoms with Gasteiger partial charge in [-0.25, -0.2) is 0 Å². The molecule has 17 heavy (non-hydrogen) atoms. The standard InChI is InChI=1S/C13H22N4/c1-2-17(10-12-4-3-5-14-8-12)11-13-9-15-6-7-16-13/h6-7,9,12,14H,2-5,8,10-11H2,1H3. The second kappa shape index (κ2) is 6.67. The average Bonchev–Trinajstić information content (AvgIpc) is 2.40. The summed E-state index contributed by atoms with van der Waals surface area (Å²) in [5.41, 5.74) is 1.07. The van der Waals surface area contributed by atoms with Crippen molar-refractivity contribution in [3.8, 4) is 0 Å². The summed E-state index contributed by atoms with van der Waals surface area (Å²) in [5.74, 6) is 0.792. The van der Waals surface area contributed by atoms with E-state index in [1.165, 1.54) is 25.9 Å². The van der Waals surface area contributed by atoms with E-state index in [1.54, 1.807) is 12.4 Å². The van der Waals surface area contributed by atoms with E-state index < -0.39 is 0 Å². The van der Waals surface area contributed by atoms with E-state index >= 15 is 0 Å². The lowest BCUT2D eigenvalue weighted by molar-refractivity contribution is 0.207. The molecule has 4 nitrogen and oxygen atoms in total. The molecule has 1 N–H and O–H groups in total. The van der Waals surface area contributed by atoms with Gasteiger partial charge < -0.3 is 5.32 Å². The highest BCUT2D eigenvalue weighted by Gasteiger charge is 2.16. The van der Waals surface area contributed by atoms with Crippen molar-refractivity contribution in [3.63, 3.8) is 0 Å². The quantitative estimate of drug-likeness (QED) is 0.833. The molecule has 2 rings (SSSR count). The van der Waals surface area contributed by atoms with Gasteiger partial charge in [-0.3, -0.25) is 14.9 Å². The molecule has 0 spiro atoms. The van der Waals surface area contributed by atoms with Crippen LogP contribution >= 0.6 is 0 Å². The molecule has 0 aromatic carbocycles. The highest BCUT2D eigenvalue weighted by Crippen LogP contribution is 2.12. The number of nitrogens with one attached hydrogen (secondary N) is 1. The van der Waals surface area contributed by atoms with Crippen LogP contribution in [-0.2, 0) is 6.54 Å². The number of piperidine rings is 1. The van der Waals surface area contributed by atoms with Crippen LogP contribution in [-0.4, -0.2) is 41.0 Å². The van der Waals surface area contributed by atoms with E-state index in [0.29, 0.717) is 0 Å². The minimum Gasteiger partial charge on any atom is -0.316 e. The van der Waals surface area contributed by atoms with E-state index in [2.05, 4.69) is 27.1 Å². The van der Waals surface area contributed by atoms with Gasteiger partial charge in [0.2, 0.25) is 0 Å². The van der Waals surface area contributed by atoms with Crippen molar-refractivity contribution in [2.45, 2.75) is 26.3 Å². The predicted octanol–water partition coefficient (Wildman–Crippen LogP) is 1.30. The Labute approximate surface area is 103 Å². The van der Waals surface area contributed by atoms with Crippen molar-refractivity contribution < 1.29 is 0 Å². The first-order chi connectivity index (χ1) is 8.38. The molecule has 94 valence electrons. The zero-order valence-electron chi connectivity index (χ0n) is 10.6. The fraction of sp³-hybridized carbons (Fsp3) is 0.692. The van der Waals surface area contributed by atoms with Gasteiger partial charge in [-0.1, -0.05) is 6.92 Å². The normalized spacial score (nSPS) is 20.7. The molecular weight excluding hydrogens is 212 g/mol. The van der Waals surface area contributed by atoms with Crippen molar-refractivity contribution >= 4 is 0 Å². The van der Waals surface area contributed by atoms with Gasteiger partial charge in [0, 0.05) is 31.7 Å². The SMILES string of the molecule is CCN(Cc1cnccn1)CC1CCCNC1. The highest BCUT2D eigenvalue weighted by molar-refractivity contribution is 4.94. The Morgan fingerprint density at radius 2 is 2.41 bits per heavy atom. The lowest BCUT2D eigenvalue weighted by Crippen LogP contribution is -2.38. The van der Waals surface area contributed by atoms with E-state index in [1.807, 2.05) is 6.20 Å². The Morgan fingerprint density at radius 3 is 3.06 bits per heavy atom. The fourth-order valence-corrected chi connectivity index (χ4v) is 2.39. The lowest BCUT2D eigenvalue weighted by Gasteiger charge is -2.29. The largest absolute Gasteiger partial charge is 0.316 e. The first-order valence-corrected chi connectivity index (χ1v) is 6.56. The van der Waals surface area contributed by atoms with E-state index in [-0.39, 0.29) is 0 Å². The fourth-order valence-electron chi connectivity index (χ4n) is 2.39. The third kappa shape index (κ3) is 4.06. The van der Waals surface area contributed by atoms with Gasteiger partial charge in [0.15, 0.2) is 0 Å². The Morgan fingerprint density at radius 1 is 1.47 bits per heavy atom. The average molecular weight is 234 g/mol. The summed E-state index contributed by atoms with van der Waals surface area (Å²) in [5, 5.41) is 3.47. The Bertz CT molecular complexity index is 308. The molecule has 1 unspecified atom stereocenters. The first kappa shape index (κ1) is 12.5. The van der Waals surface area contributed by atoms with Gasteiger partial charge in [0.1, 0.15) is 0 Å². The summed E-state index contributed by atoms with van der Waals surface area (Å²) in [6, 6.07) is 0. The zero-order chi connectivity index (χ0) is 11.9. The molecule has 2 heterocycles. The Kier molecular flexibility index (Phi) is 4.88. The molecule has 0 amide bonds. The topological polar surface area (TPSA) is 41.1 Å². The molecule has 1 aliphatic heterocycles. The minimum absolute atomic E-state index is 0.792. The van der Waals surface area contributed by atoms with Crippen LogP contribution in [0.4, 0.5) is 0 Å². The van der Waals surface area contributed by atoms with Crippen molar-refractivity contribution in [2.75, 3.05) is 26.2 Å². The summed E-state index contributed by atoms with van der Waals surface area (Å²) in [4.78, 5) is 10.9. The Hall–Kier alpha value is -1.00. The first-order valence-electron chi connectivity index (χ1n) is 6.56. The van der Waals surface area contributed by atoms with Crippen LogP contribution in [0.15, 0.2) is 18.6 Å². The smallest absolute Gasteiger partial charge is 0.0726 e. The number of hydrogen-bond acceptors (Lipinski definition) is 4. The summed E-state index contributed by atoms with van der Waals surface area (Å²) in [6.07, 6.45) is 8.02. The number of rotatable bonds is 5. The summed E-state index contributed by atoms with van der Waals surface area (Å²) < 4.78 is 0. The third-order valence-corrected chi connectivity index (χ3v) is 3.36. The monoisotopic (exact) mass is 234 g/mol. The number of hydrogen-bond donors (Lipinski definition) is 1. The van der Waals surface area contributed by atoms with E-state index in [4.69, 9.17) is 0 Å². The van der Waals surface area contributed by atoms with Gasteiger partial charge in [0.05, 0.1) is 5.69 Å². The molecule has 0 bridgehead atoms.